The topological polar surface area (TPSA) is 42.0 Å². The number of carbonyl (C=O) groups is 1. The molecule has 18 heavy (non-hydrogen) atoms. The molecule has 0 atom stereocenters. The zero-order chi connectivity index (χ0) is 13.1. The van der Waals surface area contributed by atoms with Crippen LogP contribution in [0.5, 0.6) is 0 Å². The first-order valence-corrected chi connectivity index (χ1v) is 6.03. The first kappa shape index (κ1) is 12.7. The molecule has 2 aromatic rings. The fourth-order valence-corrected chi connectivity index (χ4v) is 1.78. The predicted octanol–water partition coefficient (Wildman–Crippen LogP) is 3.54. The molecular weight excluding hydrogens is 299 g/mol. The summed E-state index contributed by atoms with van der Waals surface area (Å²) in [6.45, 7) is 1.65. The Labute approximate surface area is 112 Å². The summed E-state index contributed by atoms with van der Waals surface area (Å²) >= 11 is 3.26. The quantitative estimate of drug-likeness (QED) is 0.922. The molecule has 1 heterocycles. The Kier molecular flexibility index (Phi) is 3.72. The third-order valence-corrected chi connectivity index (χ3v) is 2.83. The van der Waals surface area contributed by atoms with Crippen molar-refractivity contribution >= 4 is 27.5 Å². The van der Waals surface area contributed by atoms with Crippen LogP contribution in [0.1, 0.15) is 15.9 Å². The number of halogens is 2. The summed E-state index contributed by atoms with van der Waals surface area (Å²) < 4.78 is 14.1. The van der Waals surface area contributed by atoms with Crippen molar-refractivity contribution in [3.63, 3.8) is 0 Å². The highest BCUT2D eigenvalue weighted by Crippen LogP contribution is 2.15. The molecular formula is C13H10BrFN2O. The molecule has 0 unspecified atom stereocenters. The monoisotopic (exact) mass is 308 g/mol. The van der Waals surface area contributed by atoms with Crippen molar-refractivity contribution in [2.45, 2.75) is 6.92 Å². The van der Waals surface area contributed by atoms with E-state index in [9.17, 15) is 9.18 Å². The molecule has 0 spiro atoms. The van der Waals surface area contributed by atoms with Gasteiger partial charge in [-0.1, -0.05) is 6.07 Å². The lowest BCUT2D eigenvalue weighted by Crippen LogP contribution is -2.12. The first-order chi connectivity index (χ1) is 8.56. The normalized spacial score (nSPS) is 10.2. The van der Waals surface area contributed by atoms with E-state index in [0.29, 0.717) is 11.3 Å². The number of carbonyl (C=O) groups excluding carboxylic acids is 1. The Bertz CT molecular complexity index is 601. The Balaban J connectivity index is 2.19. The van der Waals surface area contributed by atoms with E-state index in [0.717, 1.165) is 4.47 Å². The van der Waals surface area contributed by atoms with Crippen LogP contribution in [-0.4, -0.2) is 10.9 Å². The molecule has 0 fully saturated rings. The largest absolute Gasteiger partial charge is 0.321 e. The number of nitrogens with zero attached hydrogens (tertiary/aromatic N) is 1. The van der Waals surface area contributed by atoms with Crippen LogP contribution in [0.15, 0.2) is 41.1 Å². The Hall–Kier alpha value is -1.75. The van der Waals surface area contributed by atoms with Gasteiger partial charge in [0.15, 0.2) is 0 Å². The van der Waals surface area contributed by atoms with Gasteiger partial charge in [-0.25, -0.2) is 4.39 Å². The average Bonchev–Trinajstić information content (AvgIpc) is 2.32. The molecule has 1 amide bonds. The van der Waals surface area contributed by atoms with Gasteiger partial charge in [0.05, 0.1) is 11.9 Å². The van der Waals surface area contributed by atoms with Gasteiger partial charge in [0.2, 0.25) is 0 Å². The number of pyridine rings is 1. The molecule has 2 rings (SSSR count). The van der Waals surface area contributed by atoms with Crippen LogP contribution in [0.3, 0.4) is 0 Å². The van der Waals surface area contributed by atoms with Crippen LogP contribution >= 0.6 is 15.9 Å². The minimum atomic E-state index is -0.394. The Morgan fingerprint density at radius 3 is 2.78 bits per heavy atom. The van der Waals surface area contributed by atoms with Crippen LogP contribution < -0.4 is 5.32 Å². The van der Waals surface area contributed by atoms with E-state index in [1.807, 2.05) is 0 Å². The summed E-state index contributed by atoms with van der Waals surface area (Å²) in [7, 11) is 0. The predicted molar refractivity (Wildman–Crippen MR) is 71.0 cm³/mol. The van der Waals surface area contributed by atoms with E-state index in [2.05, 4.69) is 26.2 Å². The van der Waals surface area contributed by atoms with E-state index in [1.165, 1.54) is 12.3 Å². The second kappa shape index (κ2) is 5.27. The van der Waals surface area contributed by atoms with E-state index in [4.69, 9.17) is 0 Å². The SMILES string of the molecule is Cc1ccc(C(=O)Nc2cncc(Br)c2)cc1F. The van der Waals surface area contributed by atoms with E-state index < -0.39 is 5.82 Å². The van der Waals surface area contributed by atoms with Gasteiger partial charge < -0.3 is 5.32 Å². The maximum Gasteiger partial charge on any atom is 0.255 e. The molecule has 5 heteroatoms. The number of benzene rings is 1. The molecule has 0 aliphatic heterocycles. The van der Waals surface area contributed by atoms with Gasteiger partial charge in [0.1, 0.15) is 5.82 Å². The molecule has 3 nitrogen and oxygen atoms in total. The summed E-state index contributed by atoms with van der Waals surface area (Å²) in [6.07, 6.45) is 3.13. The molecule has 1 aromatic carbocycles. The number of aromatic nitrogens is 1. The van der Waals surface area contributed by atoms with Crippen molar-refractivity contribution < 1.29 is 9.18 Å². The zero-order valence-corrected chi connectivity index (χ0v) is 11.2. The third-order valence-electron chi connectivity index (χ3n) is 2.40. The van der Waals surface area contributed by atoms with Gasteiger partial charge >= 0.3 is 0 Å². The molecule has 0 radical (unpaired) electrons. The number of amides is 1. The molecule has 0 bridgehead atoms. The lowest BCUT2D eigenvalue weighted by Gasteiger charge is -2.06. The summed E-state index contributed by atoms with van der Waals surface area (Å²) in [5.41, 5.74) is 1.34. The Morgan fingerprint density at radius 2 is 2.11 bits per heavy atom. The second-order valence-corrected chi connectivity index (χ2v) is 4.73. The van der Waals surface area contributed by atoms with E-state index >= 15 is 0 Å². The lowest BCUT2D eigenvalue weighted by atomic mass is 10.1. The number of rotatable bonds is 2. The molecule has 0 aliphatic carbocycles. The fourth-order valence-electron chi connectivity index (χ4n) is 1.42. The van der Waals surface area contributed by atoms with Crippen molar-refractivity contribution in [3.05, 3.63) is 58.1 Å². The second-order valence-electron chi connectivity index (χ2n) is 3.81. The minimum Gasteiger partial charge on any atom is -0.321 e. The number of anilines is 1. The molecule has 1 N–H and O–H groups in total. The van der Waals surface area contributed by atoms with Crippen LogP contribution in [0.4, 0.5) is 10.1 Å². The minimum absolute atomic E-state index is 0.276. The highest BCUT2D eigenvalue weighted by molar-refractivity contribution is 9.10. The Morgan fingerprint density at radius 1 is 1.33 bits per heavy atom. The van der Waals surface area contributed by atoms with Crippen molar-refractivity contribution in [2.75, 3.05) is 5.32 Å². The maximum atomic E-state index is 13.3. The van der Waals surface area contributed by atoms with Crippen LogP contribution in [0, 0.1) is 12.7 Å². The molecule has 0 saturated carbocycles. The van der Waals surface area contributed by atoms with Crippen LogP contribution in [0.25, 0.3) is 0 Å². The first-order valence-electron chi connectivity index (χ1n) is 5.24. The van der Waals surface area contributed by atoms with E-state index in [1.54, 1.807) is 31.3 Å². The van der Waals surface area contributed by atoms with Crippen molar-refractivity contribution in [1.82, 2.24) is 4.98 Å². The maximum absolute atomic E-state index is 13.3. The standard InChI is InChI=1S/C13H10BrFN2O/c1-8-2-3-9(4-12(8)15)13(18)17-11-5-10(14)6-16-7-11/h2-7H,1H3,(H,17,18). The zero-order valence-electron chi connectivity index (χ0n) is 9.58. The highest BCUT2D eigenvalue weighted by atomic mass is 79.9. The lowest BCUT2D eigenvalue weighted by molar-refractivity contribution is 0.102. The average molecular weight is 309 g/mol. The molecule has 0 aliphatic rings. The number of hydrogen-bond donors (Lipinski definition) is 1. The van der Waals surface area contributed by atoms with Gasteiger partial charge in [0.25, 0.3) is 5.91 Å². The van der Waals surface area contributed by atoms with Crippen molar-refractivity contribution in [3.8, 4) is 0 Å². The van der Waals surface area contributed by atoms with Crippen LogP contribution in [0.2, 0.25) is 0 Å². The smallest absolute Gasteiger partial charge is 0.255 e. The molecule has 92 valence electrons. The molecule has 1 aromatic heterocycles. The summed E-state index contributed by atoms with van der Waals surface area (Å²) in [5, 5.41) is 2.65. The van der Waals surface area contributed by atoms with Crippen LogP contribution in [-0.2, 0) is 0 Å². The van der Waals surface area contributed by atoms with Gasteiger partial charge in [-0.15, -0.1) is 0 Å². The summed E-state index contributed by atoms with van der Waals surface area (Å²) in [4.78, 5) is 15.8. The van der Waals surface area contributed by atoms with Gasteiger partial charge in [-0.2, -0.15) is 0 Å². The fraction of sp³-hybridized carbons (Fsp3) is 0.0769. The van der Waals surface area contributed by atoms with E-state index in [-0.39, 0.29) is 11.5 Å². The summed E-state index contributed by atoms with van der Waals surface area (Å²) in [5.74, 6) is -0.760. The number of hydrogen-bond acceptors (Lipinski definition) is 2. The van der Waals surface area contributed by atoms with Gasteiger partial charge in [-0.3, -0.25) is 9.78 Å². The van der Waals surface area contributed by atoms with Gasteiger partial charge in [-0.05, 0) is 46.6 Å². The summed E-state index contributed by atoms with van der Waals surface area (Å²) in [6, 6.07) is 6.09. The highest BCUT2D eigenvalue weighted by Gasteiger charge is 2.08. The number of nitrogens with one attached hydrogen (secondary N) is 1. The molecule has 0 saturated heterocycles. The third kappa shape index (κ3) is 2.92. The van der Waals surface area contributed by atoms with Crippen molar-refractivity contribution in [2.24, 2.45) is 0 Å². The van der Waals surface area contributed by atoms with Crippen molar-refractivity contribution in [1.29, 1.82) is 0 Å². The number of aryl methyl sites for hydroxylation is 1. The van der Waals surface area contributed by atoms with Gasteiger partial charge in [0, 0.05) is 16.2 Å².